The first-order valence-corrected chi connectivity index (χ1v) is 7.52. The van der Waals surface area contributed by atoms with Crippen molar-refractivity contribution in [3.05, 3.63) is 29.0 Å². The number of nitrogens with one attached hydrogen (secondary N) is 1. The maximum Gasteiger partial charge on any atom is 0.246 e. The van der Waals surface area contributed by atoms with Gasteiger partial charge in [-0.15, -0.1) is 0 Å². The number of halogens is 1. The Morgan fingerprint density at radius 2 is 2.14 bits per heavy atom. The Kier molecular flexibility index (Phi) is 4.52. The molecule has 0 bridgehead atoms. The third-order valence-corrected chi connectivity index (χ3v) is 4.58. The van der Waals surface area contributed by atoms with Gasteiger partial charge < -0.3 is 10.2 Å². The highest BCUT2D eigenvalue weighted by atomic mass is 35.5. The van der Waals surface area contributed by atoms with Crippen molar-refractivity contribution in [1.82, 2.24) is 15.2 Å². The van der Waals surface area contributed by atoms with Gasteiger partial charge in [0, 0.05) is 18.9 Å². The molecule has 1 aromatic rings. The van der Waals surface area contributed by atoms with Gasteiger partial charge in [0.1, 0.15) is 11.6 Å². The molecule has 0 aliphatic carbocycles. The summed E-state index contributed by atoms with van der Waals surface area (Å²) in [7, 11) is 0. The van der Waals surface area contributed by atoms with Crippen LogP contribution in [0.15, 0.2) is 18.5 Å². The average molecular weight is 310 g/mol. The molecule has 1 fully saturated rings. The minimum Gasteiger partial charge on any atom is -0.342 e. The summed E-state index contributed by atoms with van der Waals surface area (Å²) in [6.45, 7) is 5.89. The van der Waals surface area contributed by atoms with Crippen LogP contribution in [-0.2, 0) is 16.1 Å². The molecule has 1 aliphatic rings. The monoisotopic (exact) mass is 309 g/mol. The summed E-state index contributed by atoms with van der Waals surface area (Å²) in [4.78, 5) is 30.6. The van der Waals surface area contributed by atoms with Crippen LogP contribution in [0, 0.1) is 0 Å². The number of nitrogens with zero attached hydrogens (tertiary/aromatic N) is 2. The quantitative estimate of drug-likeness (QED) is 0.927. The molecule has 21 heavy (non-hydrogen) atoms. The minimum absolute atomic E-state index is 0.0608. The van der Waals surface area contributed by atoms with Crippen molar-refractivity contribution in [2.75, 3.05) is 0 Å². The smallest absolute Gasteiger partial charge is 0.246 e. The fourth-order valence-electron chi connectivity index (χ4n) is 2.51. The standard InChI is InChI=1S/C15H20ClN3O2/c1-4-12-13(20)19(15(3,5-2)14(21)18-12)9-10-6-7-17-8-11(10)16/h6-8,12H,4-5,9H2,1-3H3,(H,18,21). The first-order chi connectivity index (χ1) is 9.93. The number of aromatic nitrogens is 1. The maximum absolute atomic E-state index is 12.6. The van der Waals surface area contributed by atoms with Gasteiger partial charge in [0.15, 0.2) is 0 Å². The van der Waals surface area contributed by atoms with Gasteiger partial charge in [-0.3, -0.25) is 14.6 Å². The summed E-state index contributed by atoms with van der Waals surface area (Å²) in [5, 5.41) is 3.31. The van der Waals surface area contributed by atoms with E-state index in [1.165, 1.54) is 0 Å². The lowest BCUT2D eigenvalue weighted by Crippen LogP contribution is -2.68. The number of piperazine rings is 1. The summed E-state index contributed by atoms with van der Waals surface area (Å²) in [5.41, 5.74) is -0.0562. The molecule has 1 saturated heterocycles. The van der Waals surface area contributed by atoms with Crippen LogP contribution >= 0.6 is 11.6 Å². The molecule has 5 nitrogen and oxygen atoms in total. The Hall–Kier alpha value is -1.62. The van der Waals surface area contributed by atoms with Crippen molar-refractivity contribution in [3.63, 3.8) is 0 Å². The lowest BCUT2D eigenvalue weighted by atomic mass is 9.89. The second-order valence-electron chi connectivity index (χ2n) is 5.45. The first kappa shape index (κ1) is 15.8. The Morgan fingerprint density at radius 3 is 2.71 bits per heavy atom. The zero-order valence-electron chi connectivity index (χ0n) is 12.5. The van der Waals surface area contributed by atoms with E-state index in [9.17, 15) is 9.59 Å². The van der Waals surface area contributed by atoms with E-state index < -0.39 is 11.6 Å². The van der Waals surface area contributed by atoms with Gasteiger partial charge in [0.2, 0.25) is 11.8 Å². The Morgan fingerprint density at radius 1 is 1.43 bits per heavy atom. The predicted molar refractivity (Wildman–Crippen MR) is 80.7 cm³/mol. The molecule has 2 atom stereocenters. The van der Waals surface area contributed by atoms with E-state index >= 15 is 0 Å². The minimum atomic E-state index is -0.852. The van der Waals surface area contributed by atoms with E-state index in [1.807, 2.05) is 13.8 Å². The fraction of sp³-hybridized carbons (Fsp3) is 0.533. The van der Waals surface area contributed by atoms with Crippen molar-refractivity contribution >= 4 is 23.4 Å². The van der Waals surface area contributed by atoms with E-state index in [4.69, 9.17) is 11.6 Å². The highest BCUT2D eigenvalue weighted by molar-refractivity contribution is 6.31. The molecular formula is C15H20ClN3O2. The second kappa shape index (κ2) is 6.02. The number of hydrogen-bond acceptors (Lipinski definition) is 3. The molecule has 2 unspecified atom stereocenters. The summed E-state index contributed by atoms with van der Waals surface area (Å²) in [6, 6.07) is 1.32. The summed E-state index contributed by atoms with van der Waals surface area (Å²) >= 11 is 6.13. The van der Waals surface area contributed by atoms with Crippen LogP contribution in [-0.4, -0.2) is 33.3 Å². The highest BCUT2D eigenvalue weighted by Crippen LogP contribution is 2.29. The lowest BCUT2D eigenvalue weighted by molar-refractivity contribution is -0.157. The number of carbonyl (C=O) groups is 2. The SMILES string of the molecule is CCC1NC(=O)C(C)(CC)N(Cc2ccncc2Cl)C1=O. The van der Waals surface area contributed by atoms with Gasteiger partial charge in [0.05, 0.1) is 5.02 Å². The Balaban J connectivity index is 2.37. The lowest BCUT2D eigenvalue weighted by Gasteiger charge is -2.46. The molecule has 0 spiro atoms. The zero-order valence-corrected chi connectivity index (χ0v) is 13.3. The summed E-state index contributed by atoms with van der Waals surface area (Å²) < 4.78 is 0. The maximum atomic E-state index is 12.6. The van der Waals surface area contributed by atoms with Crippen LogP contribution in [0.2, 0.25) is 5.02 Å². The molecule has 6 heteroatoms. The van der Waals surface area contributed by atoms with E-state index in [0.717, 1.165) is 5.56 Å². The molecule has 1 N–H and O–H groups in total. The summed E-state index contributed by atoms with van der Waals surface area (Å²) in [5.74, 6) is -0.170. The Labute approximate surface area is 129 Å². The average Bonchev–Trinajstić information content (AvgIpc) is 2.49. The summed E-state index contributed by atoms with van der Waals surface area (Å²) in [6.07, 6.45) is 4.30. The van der Waals surface area contributed by atoms with Crippen LogP contribution in [0.3, 0.4) is 0 Å². The first-order valence-electron chi connectivity index (χ1n) is 7.14. The number of carbonyl (C=O) groups excluding carboxylic acids is 2. The van der Waals surface area contributed by atoms with Crippen LogP contribution in [0.5, 0.6) is 0 Å². The number of pyridine rings is 1. The fourth-order valence-corrected chi connectivity index (χ4v) is 2.69. The molecule has 114 valence electrons. The van der Waals surface area contributed by atoms with Gasteiger partial charge >= 0.3 is 0 Å². The molecular weight excluding hydrogens is 290 g/mol. The van der Waals surface area contributed by atoms with Crippen molar-refractivity contribution in [2.24, 2.45) is 0 Å². The molecule has 2 amide bonds. The van der Waals surface area contributed by atoms with E-state index in [1.54, 1.807) is 30.3 Å². The Bertz CT molecular complexity index is 564. The van der Waals surface area contributed by atoms with Gasteiger partial charge in [-0.25, -0.2) is 0 Å². The molecule has 1 aromatic heterocycles. The van der Waals surface area contributed by atoms with Crippen LogP contribution in [0.1, 0.15) is 39.2 Å². The van der Waals surface area contributed by atoms with Crippen molar-refractivity contribution < 1.29 is 9.59 Å². The largest absolute Gasteiger partial charge is 0.342 e. The molecule has 2 rings (SSSR count). The topological polar surface area (TPSA) is 62.3 Å². The molecule has 0 saturated carbocycles. The number of rotatable bonds is 4. The van der Waals surface area contributed by atoms with E-state index in [2.05, 4.69) is 10.3 Å². The van der Waals surface area contributed by atoms with Crippen molar-refractivity contribution in [2.45, 2.75) is 51.7 Å². The molecule has 2 heterocycles. The van der Waals surface area contributed by atoms with E-state index in [0.29, 0.717) is 24.4 Å². The zero-order chi connectivity index (χ0) is 15.6. The third kappa shape index (κ3) is 2.75. The van der Waals surface area contributed by atoms with E-state index in [-0.39, 0.29) is 11.8 Å². The molecule has 0 radical (unpaired) electrons. The molecule has 0 aromatic carbocycles. The van der Waals surface area contributed by atoms with Crippen molar-refractivity contribution in [1.29, 1.82) is 0 Å². The second-order valence-corrected chi connectivity index (χ2v) is 5.86. The number of hydrogen-bond donors (Lipinski definition) is 1. The van der Waals surface area contributed by atoms with Gasteiger partial charge in [0.25, 0.3) is 0 Å². The third-order valence-electron chi connectivity index (χ3n) is 4.24. The number of amides is 2. The normalized spacial score (nSPS) is 25.9. The van der Waals surface area contributed by atoms with Gasteiger partial charge in [-0.05, 0) is 31.4 Å². The predicted octanol–water partition coefficient (Wildman–Crippen LogP) is 2.14. The van der Waals surface area contributed by atoms with Crippen molar-refractivity contribution in [3.8, 4) is 0 Å². The highest BCUT2D eigenvalue weighted by Gasteiger charge is 2.47. The molecule has 1 aliphatic heterocycles. The van der Waals surface area contributed by atoms with Crippen LogP contribution in [0.4, 0.5) is 0 Å². The van der Waals surface area contributed by atoms with Gasteiger partial charge in [-0.2, -0.15) is 0 Å². The van der Waals surface area contributed by atoms with Crippen LogP contribution in [0.25, 0.3) is 0 Å². The van der Waals surface area contributed by atoms with Gasteiger partial charge in [-0.1, -0.05) is 25.4 Å². The van der Waals surface area contributed by atoms with Crippen LogP contribution < -0.4 is 5.32 Å².